The van der Waals surface area contributed by atoms with Crippen molar-refractivity contribution in [3.05, 3.63) is 14.9 Å². The van der Waals surface area contributed by atoms with Crippen LogP contribution >= 0.6 is 17.0 Å². The zero-order valence-electron chi connectivity index (χ0n) is 14.1. The second-order valence-electron chi connectivity index (χ2n) is 7.20. The number of halogens is 2. The summed E-state index contributed by atoms with van der Waals surface area (Å²) in [4.78, 5) is 0. The summed E-state index contributed by atoms with van der Waals surface area (Å²) in [5, 5.41) is 0. The maximum atomic E-state index is 4.93. The Morgan fingerprint density at radius 1 is 0.900 bits per heavy atom. The standard InChI is InChI=1S/C15H28.2CH3.2ClH.Zr/c1-15(2,3)14-9-8-13(11-14)10-12-6-4-5-7-12;;;;;/h12-14H,4-11H2,1-3H3;2*1H3;2*1H;/q;2*-1;;;+4/p-2. The Bertz CT molecular complexity index is 220. The zero-order valence-corrected chi connectivity index (χ0v) is 18.1. The second-order valence-corrected chi connectivity index (χ2v) is 10.9. The molecule has 2 fully saturated rings. The van der Waals surface area contributed by atoms with Gasteiger partial charge in [-0.05, 0) is 42.4 Å². The van der Waals surface area contributed by atoms with Crippen LogP contribution < -0.4 is 0 Å². The summed E-state index contributed by atoms with van der Waals surface area (Å²) in [6.07, 6.45) is 12.2. The van der Waals surface area contributed by atoms with Gasteiger partial charge in [-0.25, -0.2) is 0 Å². The van der Waals surface area contributed by atoms with E-state index in [4.69, 9.17) is 17.0 Å². The van der Waals surface area contributed by atoms with Gasteiger partial charge < -0.3 is 14.9 Å². The molecule has 2 saturated carbocycles. The summed E-state index contributed by atoms with van der Waals surface area (Å²) in [6.45, 7) is 7.28. The van der Waals surface area contributed by atoms with Crippen molar-refractivity contribution in [3.63, 3.8) is 0 Å². The van der Waals surface area contributed by atoms with Crippen molar-refractivity contribution in [2.75, 3.05) is 0 Å². The van der Waals surface area contributed by atoms with Crippen molar-refractivity contribution in [3.8, 4) is 0 Å². The van der Waals surface area contributed by atoms with E-state index in [-0.39, 0.29) is 14.9 Å². The third-order valence-electron chi connectivity index (χ3n) is 4.91. The SMILES string of the molecule is CC(C)(C)C1CCC(CC2CCCC2)C1.[CH3-].[CH3-].[Cl][Zr+2][Cl]. The van der Waals surface area contributed by atoms with Crippen LogP contribution in [0.5, 0.6) is 0 Å². The van der Waals surface area contributed by atoms with Crippen molar-refractivity contribution in [1.82, 2.24) is 0 Å². The van der Waals surface area contributed by atoms with Crippen LogP contribution in [0, 0.1) is 38.0 Å². The quantitative estimate of drug-likeness (QED) is 0.426. The molecule has 0 heterocycles. The van der Waals surface area contributed by atoms with Crippen LogP contribution in [0.3, 0.4) is 0 Å². The first-order chi connectivity index (χ1) is 8.47. The van der Waals surface area contributed by atoms with Crippen LogP contribution in [-0.4, -0.2) is 0 Å². The van der Waals surface area contributed by atoms with E-state index in [0.717, 1.165) is 17.8 Å². The maximum absolute atomic E-state index is 4.93. The molecule has 0 N–H and O–H groups in total. The molecule has 0 aromatic carbocycles. The van der Waals surface area contributed by atoms with E-state index in [1.807, 2.05) is 0 Å². The Morgan fingerprint density at radius 2 is 1.40 bits per heavy atom. The second kappa shape index (κ2) is 12.0. The van der Waals surface area contributed by atoms with Crippen LogP contribution in [0.1, 0.15) is 72.1 Å². The summed E-state index contributed by atoms with van der Waals surface area (Å²) < 4.78 is 0. The molecule has 2 unspecified atom stereocenters. The molecule has 0 bridgehead atoms. The van der Waals surface area contributed by atoms with Gasteiger partial charge in [0.25, 0.3) is 0 Å². The minimum absolute atomic E-state index is 0. The molecule has 0 aliphatic heterocycles. The Labute approximate surface area is 147 Å². The molecule has 0 aromatic heterocycles. The molecule has 120 valence electrons. The Balaban J connectivity index is 0. The molecular formula is C17H34Cl2Zr. The Hall–Kier alpha value is 1.46. The molecule has 0 saturated heterocycles. The summed E-state index contributed by atoms with van der Waals surface area (Å²) in [5.74, 6) is 3.19. The number of hydrogen-bond donors (Lipinski definition) is 0. The fraction of sp³-hybridized carbons (Fsp3) is 0.882. The number of rotatable bonds is 2. The molecule has 2 atom stereocenters. The van der Waals surface area contributed by atoms with Gasteiger partial charge in [0.2, 0.25) is 0 Å². The molecule has 3 heteroatoms. The van der Waals surface area contributed by atoms with Crippen molar-refractivity contribution < 1.29 is 20.8 Å². The summed E-state index contributed by atoms with van der Waals surface area (Å²) in [5.41, 5.74) is 0.560. The minimum atomic E-state index is -0.826. The van der Waals surface area contributed by atoms with Crippen LogP contribution in [0.4, 0.5) is 0 Å². The fourth-order valence-corrected chi connectivity index (χ4v) is 3.79. The van der Waals surface area contributed by atoms with E-state index in [1.54, 1.807) is 6.42 Å². The number of hydrogen-bond acceptors (Lipinski definition) is 0. The summed E-state index contributed by atoms with van der Waals surface area (Å²) in [7, 11) is 9.87. The Morgan fingerprint density at radius 3 is 1.80 bits per heavy atom. The van der Waals surface area contributed by atoms with Crippen LogP contribution in [0.2, 0.25) is 0 Å². The van der Waals surface area contributed by atoms with Gasteiger partial charge in [0, 0.05) is 0 Å². The van der Waals surface area contributed by atoms with E-state index in [1.165, 1.54) is 44.9 Å². The summed E-state index contributed by atoms with van der Waals surface area (Å²) in [6, 6.07) is 0. The first-order valence-corrected chi connectivity index (χ1v) is 13.8. The molecule has 0 aromatic rings. The molecule has 2 aliphatic carbocycles. The predicted octanol–water partition coefficient (Wildman–Crippen LogP) is 7.31. The van der Waals surface area contributed by atoms with Gasteiger partial charge in [-0.1, -0.05) is 52.9 Å². The molecule has 2 rings (SSSR count). The molecule has 0 amide bonds. The van der Waals surface area contributed by atoms with E-state index < -0.39 is 20.8 Å². The third-order valence-corrected chi connectivity index (χ3v) is 4.91. The average Bonchev–Trinajstić information content (AvgIpc) is 2.89. The van der Waals surface area contributed by atoms with Crippen molar-refractivity contribution in [2.24, 2.45) is 23.2 Å². The van der Waals surface area contributed by atoms with E-state index in [0.29, 0.717) is 5.41 Å². The van der Waals surface area contributed by atoms with Gasteiger partial charge in [-0.3, -0.25) is 0 Å². The van der Waals surface area contributed by atoms with Crippen molar-refractivity contribution >= 4 is 17.0 Å². The van der Waals surface area contributed by atoms with Crippen molar-refractivity contribution in [2.45, 2.75) is 72.1 Å². The molecule has 0 nitrogen and oxygen atoms in total. The van der Waals surface area contributed by atoms with E-state index >= 15 is 0 Å². The van der Waals surface area contributed by atoms with Gasteiger partial charge in [0.1, 0.15) is 0 Å². The fourth-order valence-electron chi connectivity index (χ4n) is 3.79. The average molecular weight is 401 g/mol. The topological polar surface area (TPSA) is 0 Å². The van der Waals surface area contributed by atoms with Crippen LogP contribution in [-0.2, 0) is 20.8 Å². The summed E-state index contributed by atoms with van der Waals surface area (Å²) >= 11 is -0.826. The molecule has 0 radical (unpaired) electrons. The molecule has 0 spiro atoms. The Kier molecular flexibility index (Phi) is 14.2. The van der Waals surface area contributed by atoms with Gasteiger partial charge in [0.05, 0.1) is 0 Å². The van der Waals surface area contributed by atoms with Gasteiger partial charge >= 0.3 is 37.9 Å². The molecule has 20 heavy (non-hydrogen) atoms. The van der Waals surface area contributed by atoms with Crippen molar-refractivity contribution in [1.29, 1.82) is 0 Å². The first-order valence-electron chi connectivity index (χ1n) is 7.43. The van der Waals surface area contributed by atoms with Crippen LogP contribution in [0.25, 0.3) is 0 Å². The molecule has 2 aliphatic rings. The predicted molar refractivity (Wildman–Crippen MR) is 91.4 cm³/mol. The monoisotopic (exact) mass is 398 g/mol. The van der Waals surface area contributed by atoms with E-state index in [2.05, 4.69) is 20.8 Å². The molecular weight excluding hydrogens is 366 g/mol. The van der Waals surface area contributed by atoms with Crippen LogP contribution in [0.15, 0.2) is 0 Å². The van der Waals surface area contributed by atoms with Gasteiger partial charge in [0.15, 0.2) is 0 Å². The van der Waals surface area contributed by atoms with Gasteiger partial charge in [-0.15, -0.1) is 0 Å². The zero-order chi connectivity index (χ0) is 13.6. The normalized spacial score (nSPS) is 25.9. The third kappa shape index (κ3) is 8.80. The van der Waals surface area contributed by atoms with E-state index in [9.17, 15) is 0 Å². The van der Waals surface area contributed by atoms with Gasteiger partial charge in [-0.2, -0.15) is 0 Å². The first kappa shape index (κ1) is 23.7.